The molecule has 8 aromatic rings. The molecule has 0 spiro atoms. The predicted molar refractivity (Wildman–Crippen MR) is 346 cm³/mol. The van der Waals surface area contributed by atoms with E-state index in [1.165, 1.54) is 166 Å². The van der Waals surface area contributed by atoms with E-state index in [4.69, 9.17) is 37.7 Å². The highest BCUT2D eigenvalue weighted by molar-refractivity contribution is 7.00. The molecule has 9 heteroatoms. The number of hydrogen-bond donors (Lipinski definition) is 0. The quantitative estimate of drug-likeness (QED) is 0.0212. The minimum Gasteiger partial charge on any atom is -0.490 e. The lowest BCUT2D eigenvalue weighted by Gasteiger charge is -2.20. The van der Waals surface area contributed by atoms with E-state index in [0.717, 1.165) is 151 Å². The van der Waals surface area contributed by atoms with Crippen molar-refractivity contribution in [3.63, 3.8) is 0 Å². The van der Waals surface area contributed by atoms with Gasteiger partial charge < -0.3 is 18.9 Å². The number of nitrogens with zero attached hydrogens (tertiary/aromatic N) is 4. The monoisotopic (exact) mass is 1110 g/mol. The maximum absolute atomic E-state index is 6.91. The third-order valence-corrected chi connectivity index (χ3v) is 17.0. The fourth-order valence-corrected chi connectivity index (χ4v) is 12.3. The van der Waals surface area contributed by atoms with E-state index < -0.39 is 0 Å². The molecule has 0 saturated heterocycles. The number of rotatable bonds is 42. The second-order valence-corrected chi connectivity index (χ2v) is 23.6. The summed E-state index contributed by atoms with van der Waals surface area (Å²) >= 11 is 1.24. The van der Waals surface area contributed by atoms with Crippen molar-refractivity contribution < 1.29 is 18.9 Å². The summed E-state index contributed by atoms with van der Waals surface area (Å²) < 4.78 is 37.7. The van der Waals surface area contributed by atoms with Crippen LogP contribution in [0.5, 0.6) is 23.0 Å². The summed E-state index contributed by atoms with van der Waals surface area (Å²) in [6, 6.07) is 30.0. The van der Waals surface area contributed by atoms with E-state index in [1.54, 1.807) is 0 Å². The third kappa shape index (κ3) is 17.7. The highest BCUT2D eigenvalue weighted by Gasteiger charge is 2.26. The van der Waals surface area contributed by atoms with Crippen LogP contribution in [0.3, 0.4) is 0 Å². The van der Waals surface area contributed by atoms with E-state index >= 15 is 0 Å². The fraction of sp³-hybridized carbons (Fsp3) is 0.556. The predicted octanol–water partition coefficient (Wildman–Crippen LogP) is 22.5. The molecule has 0 amide bonds. The van der Waals surface area contributed by atoms with Gasteiger partial charge in [-0.1, -0.05) is 268 Å². The zero-order valence-electron chi connectivity index (χ0n) is 50.4. The van der Waals surface area contributed by atoms with E-state index in [0.29, 0.717) is 26.4 Å². The number of ether oxygens (including phenoxy) is 4. The molecule has 8 rings (SSSR count). The first-order chi connectivity index (χ1) is 40.1. The van der Waals surface area contributed by atoms with Gasteiger partial charge in [0, 0.05) is 21.9 Å². The van der Waals surface area contributed by atoms with Gasteiger partial charge in [-0.15, -0.1) is 0 Å². The van der Waals surface area contributed by atoms with Gasteiger partial charge in [-0.2, -0.15) is 8.75 Å². The van der Waals surface area contributed by atoms with Gasteiger partial charge in [-0.3, -0.25) is 0 Å². The topological polar surface area (TPSA) is 88.5 Å². The van der Waals surface area contributed by atoms with Gasteiger partial charge in [0.1, 0.15) is 22.1 Å². The first kappa shape index (κ1) is 61.5. The van der Waals surface area contributed by atoms with Crippen LogP contribution >= 0.6 is 11.7 Å². The minimum absolute atomic E-state index is 0.623. The third-order valence-electron chi connectivity index (χ3n) is 16.4. The van der Waals surface area contributed by atoms with Crippen molar-refractivity contribution in [1.29, 1.82) is 0 Å². The molecule has 0 atom stereocenters. The molecule has 0 bridgehead atoms. The molecule has 0 radical (unpaired) electrons. The molecule has 2 aromatic heterocycles. The fourth-order valence-electron chi connectivity index (χ4n) is 11.7. The lowest BCUT2D eigenvalue weighted by molar-refractivity contribution is 0.258. The Balaban J connectivity index is 1.27. The maximum Gasteiger partial charge on any atom is 0.161 e. The van der Waals surface area contributed by atoms with E-state index in [2.05, 4.69) is 113 Å². The van der Waals surface area contributed by atoms with Gasteiger partial charge >= 0.3 is 0 Å². The van der Waals surface area contributed by atoms with Crippen LogP contribution in [0.25, 0.3) is 76.9 Å². The molecule has 0 aliphatic heterocycles. The Bertz CT molecular complexity index is 2880. The Kier molecular flexibility index (Phi) is 26.4. The average molecular weight is 1120 g/mol. The van der Waals surface area contributed by atoms with E-state index in [1.807, 2.05) is 0 Å². The summed E-state index contributed by atoms with van der Waals surface area (Å²) in [6.07, 6.45) is 39.7. The van der Waals surface area contributed by atoms with Crippen molar-refractivity contribution in [3.8, 4) is 45.3 Å². The van der Waals surface area contributed by atoms with Gasteiger partial charge in [0.15, 0.2) is 23.0 Å². The SMILES string of the molecule is CCCCCCCCCCOc1cc2c3cc(OCCCCCCCCCC)c(OCCCCCCCCCC)cc3c3nc4c(-c5ccccc5)c5nsnc5c(-c5ccccc5)c4nc3c2cc1OCCCCCCCCCC. The summed E-state index contributed by atoms with van der Waals surface area (Å²) in [5.41, 5.74) is 8.78. The molecule has 0 aliphatic carbocycles. The first-order valence-electron chi connectivity index (χ1n) is 32.6. The van der Waals surface area contributed by atoms with Crippen LogP contribution in [-0.2, 0) is 0 Å². The summed E-state index contributed by atoms with van der Waals surface area (Å²) in [5.74, 6) is 3.08. The van der Waals surface area contributed by atoms with Crippen molar-refractivity contribution in [1.82, 2.24) is 18.7 Å². The Labute approximate surface area is 491 Å². The van der Waals surface area contributed by atoms with Crippen LogP contribution in [0, 0.1) is 0 Å². The Morgan fingerprint density at radius 1 is 0.284 bits per heavy atom. The normalized spacial score (nSPS) is 11.8. The van der Waals surface area contributed by atoms with Crippen LogP contribution in [0.2, 0.25) is 0 Å². The molecule has 6 aromatic carbocycles. The summed E-state index contributed by atoms with van der Waals surface area (Å²) in [7, 11) is 0. The lowest BCUT2D eigenvalue weighted by atomic mass is 9.93. The second-order valence-electron chi connectivity index (χ2n) is 23.0. The van der Waals surface area contributed by atoms with Crippen molar-refractivity contribution in [2.45, 2.75) is 233 Å². The highest BCUT2D eigenvalue weighted by atomic mass is 32.1. The molecule has 0 saturated carbocycles. The van der Waals surface area contributed by atoms with Gasteiger partial charge in [0.05, 0.1) is 49.2 Å². The molecule has 0 aliphatic rings. The number of benzene rings is 6. The zero-order chi connectivity index (χ0) is 56.1. The molecule has 81 heavy (non-hydrogen) atoms. The summed E-state index contributed by atoms with van der Waals surface area (Å²) in [4.78, 5) is 11.7. The highest BCUT2D eigenvalue weighted by Crippen LogP contribution is 2.47. The standard InChI is InChI=1S/C72H98N4O4S/c1-5-9-13-17-21-25-29-39-47-77-61-51-57-58-52-62(78-48-40-30-26-22-18-14-10-6-2)64(80-50-42-32-28-24-20-16-12-8-4)54-60(58)68-67(59(57)53-63(61)79-49-41-31-27-23-19-15-11-7-3)73-69-65(55-43-35-33-36-44-55)71-72(76-81-75-71)66(70(69)74-68)56-45-37-34-38-46-56/h33-38,43-46,51-54H,5-32,39-42,47-50H2,1-4H3. The molecule has 436 valence electrons. The van der Waals surface area contributed by atoms with E-state index in [9.17, 15) is 0 Å². The molecule has 0 fully saturated rings. The Morgan fingerprint density at radius 3 is 0.827 bits per heavy atom. The number of unbranched alkanes of at least 4 members (excludes halogenated alkanes) is 28. The molecular weight excluding hydrogens is 1020 g/mol. The van der Waals surface area contributed by atoms with Gasteiger partial charge in [-0.05, 0) is 71.8 Å². The molecule has 0 unspecified atom stereocenters. The van der Waals surface area contributed by atoms with Crippen LogP contribution < -0.4 is 18.9 Å². The maximum atomic E-state index is 6.91. The van der Waals surface area contributed by atoms with Crippen LogP contribution in [0.1, 0.15) is 233 Å². The van der Waals surface area contributed by atoms with Crippen molar-refractivity contribution in [2.75, 3.05) is 26.4 Å². The Morgan fingerprint density at radius 2 is 0.543 bits per heavy atom. The van der Waals surface area contributed by atoms with Crippen LogP contribution in [0.15, 0.2) is 84.9 Å². The van der Waals surface area contributed by atoms with Crippen molar-refractivity contribution in [3.05, 3.63) is 84.9 Å². The van der Waals surface area contributed by atoms with Gasteiger partial charge in [0.25, 0.3) is 0 Å². The number of aromatic nitrogens is 4. The van der Waals surface area contributed by atoms with E-state index in [-0.39, 0.29) is 0 Å². The Hall–Kier alpha value is -5.54. The number of fused-ring (bicyclic) bond motifs is 8. The molecule has 2 heterocycles. The van der Waals surface area contributed by atoms with Crippen molar-refractivity contribution >= 4 is 66.4 Å². The molecular formula is C72H98N4O4S. The lowest BCUT2D eigenvalue weighted by Crippen LogP contribution is -2.05. The van der Waals surface area contributed by atoms with Crippen LogP contribution in [-0.4, -0.2) is 45.1 Å². The van der Waals surface area contributed by atoms with Gasteiger partial charge in [0.2, 0.25) is 0 Å². The van der Waals surface area contributed by atoms with Crippen LogP contribution in [0.4, 0.5) is 0 Å². The second kappa shape index (κ2) is 34.8. The van der Waals surface area contributed by atoms with Crippen molar-refractivity contribution in [2.24, 2.45) is 0 Å². The molecule has 8 nitrogen and oxygen atoms in total. The first-order valence-corrected chi connectivity index (χ1v) is 33.4. The summed E-state index contributed by atoms with van der Waals surface area (Å²) in [6.45, 7) is 11.7. The average Bonchev–Trinajstić information content (AvgIpc) is 3.93. The minimum atomic E-state index is 0.623. The summed E-state index contributed by atoms with van der Waals surface area (Å²) in [5, 5.41) is 4.00. The molecule has 0 N–H and O–H groups in total. The smallest absolute Gasteiger partial charge is 0.161 e. The zero-order valence-corrected chi connectivity index (χ0v) is 51.2. The number of hydrogen-bond acceptors (Lipinski definition) is 9. The largest absolute Gasteiger partial charge is 0.490 e. The van der Waals surface area contributed by atoms with Gasteiger partial charge in [-0.25, -0.2) is 9.97 Å².